The summed E-state index contributed by atoms with van der Waals surface area (Å²) < 4.78 is 26.3. The number of sulfonamides is 1. The fraction of sp³-hybridized carbons (Fsp3) is 0.733. The number of hydrogen-bond donors (Lipinski definition) is 1. The molecule has 1 aliphatic heterocycles. The lowest BCUT2D eigenvalue weighted by molar-refractivity contribution is 0.0940. The van der Waals surface area contributed by atoms with Gasteiger partial charge in [-0.15, -0.1) is 0 Å². The van der Waals surface area contributed by atoms with Gasteiger partial charge >= 0.3 is 0 Å². The van der Waals surface area contributed by atoms with Crippen LogP contribution in [0.1, 0.15) is 41.5 Å². The van der Waals surface area contributed by atoms with Crippen molar-refractivity contribution >= 4 is 15.9 Å². The van der Waals surface area contributed by atoms with Crippen LogP contribution < -0.4 is 5.32 Å². The van der Waals surface area contributed by atoms with Crippen LogP contribution in [-0.4, -0.2) is 54.3 Å². The number of aryl methyl sites for hydroxylation is 2. The zero-order valence-electron chi connectivity index (χ0n) is 14.3. The topological polar surface area (TPSA) is 84.3 Å². The third kappa shape index (κ3) is 4.11. The Hall–Kier alpha value is -1.41. The molecule has 2 heterocycles. The number of carbonyl (C=O) groups is 1. The van der Waals surface area contributed by atoms with Gasteiger partial charge in [0.1, 0.15) is 0 Å². The Balaban J connectivity index is 1.90. The lowest BCUT2D eigenvalue weighted by Crippen LogP contribution is -2.41. The van der Waals surface area contributed by atoms with Gasteiger partial charge in [0.05, 0.1) is 17.5 Å². The van der Waals surface area contributed by atoms with E-state index < -0.39 is 10.0 Å². The highest BCUT2D eigenvalue weighted by Crippen LogP contribution is 2.19. The molecule has 0 aromatic carbocycles. The van der Waals surface area contributed by atoms with Crippen molar-refractivity contribution in [3.8, 4) is 0 Å². The molecule has 0 bridgehead atoms. The van der Waals surface area contributed by atoms with Crippen LogP contribution in [0.15, 0.2) is 0 Å². The van der Waals surface area contributed by atoms with Gasteiger partial charge in [-0.3, -0.25) is 9.48 Å². The maximum atomic E-state index is 12.4. The van der Waals surface area contributed by atoms with Crippen molar-refractivity contribution in [3.63, 3.8) is 0 Å². The van der Waals surface area contributed by atoms with E-state index in [4.69, 9.17) is 0 Å². The lowest BCUT2D eigenvalue weighted by atomic mass is 9.98. The summed E-state index contributed by atoms with van der Waals surface area (Å²) in [5.74, 6) is 0.226. The Morgan fingerprint density at radius 3 is 2.39 bits per heavy atom. The SMILES string of the molecule is CCn1nc(C)c(C(=O)NCC2CCN(S(C)(=O)=O)CC2)c1C. The zero-order chi connectivity index (χ0) is 17.2. The second-order valence-electron chi connectivity index (χ2n) is 6.18. The summed E-state index contributed by atoms with van der Waals surface area (Å²) in [5, 5.41) is 7.35. The molecule has 1 aliphatic rings. The van der Waals surface area contributed by atoms with Gasteiger partial charge in [0.2, 0.25) is 10.0 Å². The Morgan fingerprint density at radius 2 is 1.91 bits per heavy atom. The first-order valence-electron chi connectivity index (χ1n) is 8.01. The van der Waals surface area contributed by atoms with Crippen LogP contribution in [0, 0.1) is 19.8 Å². The first-order valence-corrected chi connectivity index (χ1v) is 9.86. The molecule has 0 radical (unpaired) electrons. The van der Waals surface area contributed by atoms with E-state index in [2.05, 4.69) is 10.4 Å². The predicted octanol–water partition coefficient (Wildman–Crippen LogP) is 0.921. The zero-order valence-corrected chi connectivity index (χ0v) is 15.1. The molecule has 1 N–H and O–H groups in total. The summed E-state index contributed by atoms with van der Waals surface area (Å²) in [6, 6.07) is 0. The van der Waals surface area contributed by atoms with Gasteiger partial charge in [-0.25, -0.2) is 12.7 Å². The van der Waals surface area contributed by atoms with Crippen LogP contribution in [0.2, 0.25) is 0 Å². The minimum atomic E-state index is -3.10. The van der Waals surface area contributed by atoms with E-state index in [0.29, 0.717) is 31.1 Å². The van der Waals surface area contributed by atoms with Crippen molar-refractivity contribution in [3.05, 3.63) is 17.0 Å². The third-order valence-electron chi connectivity index (χ3n) is 4.50. The Kier molecular flexibility index (Phi) is 5.46. The molecule has 1 aromatic rings. The molecule has 0 saturated carbocycles. The molecule has 1 saturated heterocycles. The molecular weight excluding hydrogens is 316 g/mol. The second-order valence-corrected chi connectivity index (χ2v) is 8.16. The van der Waals surface area contributed by atoms with Crippen molar-refractivity contribution in [1.82, 2.24) is 19.4 Å². The van der Waals surface area contributed by atoms with Gasteiger partial charge in [-0.1, -0.05) is 0 Å². The third-order valence-corrected chi connectivity index (χ3v) is 5.81. The Labute approximate surface area is 138 Å². The summed E-state index contributed by atoms with van der Waals surface area (Å²) in [6.45, 7) is 8.13. The quantitative estimate of drug-likeness (QED) is 0.862. The van der Waals surface area contributed by atoms with Crippen molar-refractivity contribution in [2.45, 2.75) is 40.2 Å². The first kappa shape index (κ1) is 17.9. The minimum Gasteiger partial charge on any atom is -0.352 e. The molecule has 1 amide bonds. The van der Waals surface area contributed by atoms with Crippen LogP contribution >= 0.6 is 0 Å². The maximum absolute atomic E-state index is 12.4. The Morgan fingerprint density at radius 1 is 1.30 bits per heavy atom. The molecule has 0 spiro atoms. The summed E-state index contributed by atoms with van der Waals surface area (Å²) >= 11 is 0. The number of aromatic nitrogens is 2. The highest BCUT2D eigenvalue weighted by atomic mass is 32.2. The number of rotatable bonds is 5. The summed E-state index contributed by atoms with van der Waals surface area (Å²) in [5.41, 5.74) is 2.28. The van der Waals surface area contributed by atoms with Gasteiger partial charge in [-0.05, 0) is 39.5 Å². The van der Waals surface area contributed by atoms with Gasteiger partial charge in [0.15, 0.2) is 0 Å². The van der Waals surface area contributed by atoms with Crippen LogP contribution in [0.25, 0.3) is 0 Å². The van der Waals surface area contributed by atoms with Crippen LogP contribution in [-0.2, 0) is 16.6 Å². The van der Waals surface area contributed by atoms with Crippen LogP contribution in [0.5, 0.6) is 0 Å². The molecule has 7 nitrogen and oxygen atoms in total. The number of carbonyl (C=O) groups excluding carboxylic acids is 1. The molecule has 1 fully saturated rings. The molecule has 2 rings (SSSR count). The highest BCUT2D eigenvalue weighted by molar-refractivity contribution is 7.88. The molecule has 1 aromatic heterocycles. The van der Waals surface area contributed by atoms with E-state index in [-0.39, 0.29) is 5.91 Å². The van der Waals surface area contributed by atoms with E-state index in [1.165, 1.54) is 10.6 Å². The molecular formula is C15H26N4O3S. The van der Waals surface area contributed by atoms with Crippen molar-refractivity contribution in [2.24, 2.45) is 5.92 Å². The fourth-order valence-corrected chi connectivity index (χ4v) is 3.98. The molecule has 0 aliphatic carbocycles. The number of nitrogens with zero attached hydrogens (tertiary/aromatic N) is 3. The van der Waals surface area contributed by atoms with Crippen molar-refractivity contribution in [2.75, 3.05) is 25.9 Å². The van der Waals surface area contributed by atoms with E-state index >= 15 is 0 Å². The molecule has 8 heteroatoms. The second kappa shape index (κ2) is 7.00. The number of amides is 1. The number of nitrogens with one attached hydrogen (secondary N) is 1. The maximum Gasteiger partial charge on any atom is 0.255 e. The number of piperidine rings is 1. The minimum absolute atomic E-state index is 0.0924. The molecule has 130 valence electrons. The summed E-state index contributed by atoms with van der Waals surface area (Å²) in [6.07, 6.45) is 2.80. The highest BCUT2D eigenvalue weighted by Gasteiger charge is 2.26. The smallest absolute Gasteiger partial charge is 0.255 e. The average molecular weight is 342 g/mol. The van der Waals surface area contributed by atoms with Gasteiger partial charge in [-0.2, -0.15) is 5.10 Å². The van der Waals surface area contributed by atoms with Crippen molar-refractivity contribution < 1.29 is 13.2 Å². The Bertz CT molecular complexity index is 673. The largest absolute Gasteiger partial charge is 0.352 e. The van der Waals surface area contributed by atoms with Crippen molar-refractivity contribution in [1.29, 1.82) is 0 Å². The normalized spacial score (nSPS) is 17.4. The van der Waals surface area contributed by atoms with E-state index in [0.717, 1.165) is 30.8 Å². The standard InChI is InChI=1S/C15H26N4O3S/c1-5-19-12(3)14(11(2)17-19)15(20)16-10-13-6-8-18(9-7-13)23(4,21)22/h13H,5-10H2,1-4H3,(H,16,20). The lowest BCUT2D eigenvalue weighted by Gasteiger charge is -2.30. The van der Waals surface area contributed by atoms with Crippen LogP contribution in [0.4, 0.5) is 0 Å². The monoisotopic (exact) mass is 342 g/mol. The van der Waals surface area contributed by atoms with Gasteiger partial charge < -0.3 is 5.32 Å². The van der Waals surface area contributed by atoms with Gasteiger partial charge in [0.25, 0.3) is 5.91 Å². The predicted molar refractivity (Wildman–Crippen MR) is 88.8 cm³/mol. The van der Waals surface area contributed by atoms with E-state index in [1.807, 2.05) is 25.5 Å². The van der Waals surface area contributed by atoms with E-state index in [9.17, 15) is 13.2 Å². The summed E-state index contributed by atoms with van der Waals surface area (Å²) in [7, 11) is -3.10. The number of hydrogen-bond acceptors (Lipinski definition) is 4. The first-order chi connectivity index (χ1) is 10.7. The summed E-state index contributed by atoms with van der Waals surface area (Å²) in [4.78, 5) is 12.4. The molecule has 23 heavy (non-hydrogen) atoms. The van der Waals surface area contributed by atoms with Crippen LogP contribution in [0.3, 0.4) is 0 Å². The molecule has 0 atom stereocenters. The average Bonchev–Trinajstić information content (AvgIpc) is 2.78. The fourth-order valence-electron chi connectivity index (χ4n) is 3.10. The molecule has 0 unspecified atom stereocenters. The van der Waals surface area contributed by atoms with Gasteiger partial charge in [0, 0.05) is 31.9 Å². The van der Waals surface area contributed by atoms with E-state index in [1.54, 1.807) is 0 Å².